The quantitative estimate of drug-likeness (QED) is 0.619. The number of pyridine rings is 1. The average Bonchev–Trinajstić information content (AvgIpc) is 2.55. The molecule has 2 heterocycles. The Balaban J connectivity index is 2.14. The largest absolute Gasteiger partial charge is 0.486 e. The van der Waals surface area contributed by atoms with Gasteiger partial charge in [0.1, 0.15) is 17.5 Å². The van der Waals surface area contributed by atoms with E-state index < -0.39 is 0 Å². The van der Waals surface area contributed by atoms with Gasteiger partial charge in [-0.25, -0.2) is 0 Å². The molecule has 0 radical (unpaired) electrons. The number of alkyl halides is 1. The summed E-state index contributed by atoms with van der Waals surface area (Å²) in [7, 11) is 0. The minimum atomic E-state index is -0.318. The molecule has 1 aliphatic rings. The lowest BCUT2D eigenvalue weighted by Crippen LogP contribution is -2.36. The maximum absolute atomic E-state index is 6.06. The third kappa shape index (κ3) is 3.65. The van der Waals surface area contributed by atoms with Gasteiger partial charge in [0.15, 0.2) is 0 Å². The van der Waals surface area contributed by atoms with E-state index in [0.29, 0.717) is 11.6 Å². The zero-order valence-corrected chi connectivity index (χ0v) is 13.1. The van der Waals surface area contributed by atoms with E-state index in [-0.39, 0.29) is 17.3 Å². The second-order valence-electron chi connectivity index (χ2n) is 6.12. The standard InChI is InChI=1S/C16H20ClNO2/c1-15(2)9-14(16(3,4)20-15)19-13-8-12(6-5-7-17)10-18-11-13/h8,10-11,14H,7,9H2,1-4H3. The molecular weight excluding hydrogens is 274 g/mol. The van der Waals surface area contributed by atoms with Crippen LogP contribution in [0.15, 0.2) is 18.5 Å². The van der Waals surface area contributed by atoms with Crippen molar-refractivity contribution in [3.05, 3.63) is 24.0 Å². The molecule has 1 aromatic rings. The molecule has 0 bridgehead atoms. The van der Waals surface area contributed by atoms with Crippen molar-refractivity contribution in [2.24, 2.45) is 0 Å². The Hall–Kier alpha value is -1.24. The Labute approximate surface area is 125 Å². The second kappa shape index (κ2) is 5.63. The highest BCUT2D eigenvalue weighted by atomic mass is 35.5. The Morgan fingerprint density at radius 3 is 2.75 bits per heavy atom. The molecule has 0 spiro atoms. The molecule has 1 atom stereocenters. The highest BCUT2D eigenvalue weighted by Crippen LogP contribution is 2.39. The van der Waals surface area contributed by atoms with Crippen LogP contribution in [0, 0.1) is 11.8 Å². The van der Waals surface area contributed by atoms with Crippen molar-refractivity contribution >= 4 is 11.6 Å². The first-order valence-corrected chi connectivity index (χ1v) is 7.22. The van der Waals surface area contributed by atoms with Crippen LogP contribution in [0.3, 0.4) is 0 Å². The molecule has 3 nitrogen and oxygen atoms in total. The van der Waals surface area contributed by atoms with Crippen LogP contribution in [0.25, 0.3) is 0 Å². The number of hydrogen-bond acceptors (Lipinski definition) is 3. The Kier molecular flexibility index (Phi) is 4.27. The molecular formula is C16H20ClNO2. The van der Waals surface area contributed by atoms with Crippen molar-refractivity contribution in [2.75, 3.05) is 5.88 Å². The maximum Gasteiger partial charge on any atom is 0.139 e. The van der Waals surface area contributed by atoms with Gasteiger partial charge >= 0.3 is 0 Å². The monoisotopic (exact) mass is 293 g/mol. The lowest BCUT2D eigenvalue weighted by molar-refractivity contribution is -0.0846. The molecule has 1 aromatic heterocycles. The predicted octanol–water partition coefficient (Wildman–Crippen LogP) is 3.40. The van der Waals surface area contributed by atoms with Gasteiger partial charge in [0, 0.05) is 18.2 Å². The summed E-state index contributed by atoms with van der Waals surface area (Å²) in [6.45, 7) is 8.27. The van der Waals surface area contributed by atoms with E-state index >= 15 is 0 Å². The smallest absolute Gasteiger partial charge is 0.139 e. The second-order valence-corrected chi connectivity index (χ2v) is 6.39. The Morgan fingerprint density at radius 2 is 2.15 bits per heavy atom. The average molecular weight is 294 g/mol. The predicted molar refractivity (Wildman–Crippen MR) is 80.1 cm³/mol. The van der Waals surface area contributed by atoms with E-state index in [1.807, 2.05) is 6.07 Å². The molecule has 1 saturated heterocycles. The van der Waals surface area contributed by atoms with Crippen LogP contribution in [0.4, 0.5) is 0 Å². The Morgan fingerprint density at radius 1 is 1.40 bits per heavy atom. The molecule has 1 fully saturated rings. The van der Waals surface area contributed by atoms with Crippen LogP contribution >= 0.6 is 11.6 Å². The fraction of sp³-hybridized carbons (Fsp3) is 0.562. The van der Waals surface area contributed by atoms with Crippen LogP contribution < -0.4 is 4.74 Å². The number of ether oxygens (including phenoxy) is 2. The summed E-state index contributed by atoms with van der Waals surface area (Å²) in [4.78, 5) is 4.15. The highest BCUT2D eigenvalue weighted by Gasteiger charge is 2.47. The van der Waals surface area contributed by atoms with E-state index in [9.17, 15) is 0 Å². The summed E-state index contributed by atoms with van der Waals surface area (Å²) in [6, 6.07) is 1.88. The zero-order valence-electron chi connectivity index (χ0n) is 12.4. The zero-order chi connectivity index (χ0) is 14.8. The number of nitrogens with zero attached hydrogens (tertiary/aromatic N) is 1. The van der Waals surface area contributed by atoms with Gasteiger partial charge in [-0.1, -0.05) is 11.8 Å². The molecule has 20 heavy (non-hydrogen) atoms. The van der Waals surface area contributed by atoms with E-state index in [1.54, 1.807) is 12.4 Å². The molecule has 0 N–H and O–H groups in total. The SMILES string of the molecule is CC1(C)CC(Oc2cncc(C#CCCl)c2)C(C)(C)O1. The summed E-state index contributed by atoms with van der Waals surface area (Å²) in [5.74, 6) is 6.77. The molecule has 1 unspecified atom stereocenters. The van der Waals surface area contributed by atoms with E-state index in [2.05, 4.69) is 44.5 Å². The van der Waals surface area contributed by atoms with Crippen LogP contribution in [0.1, 0.15) is 39.7 Å². The van der Waals surface area contributed by atoms with E-state index in [4.69, 9.17) is 21.1 Å². The number of aromatic nitrogens is 1. The van der Waals surface area contributed by atoms with E-state index in [0.717, 1.165) is 12.0 Å². The van der Waals surface area contributed by atoms with Gasteiger partial charge in [-0.15, -0.1) is 11.6 Å². The lowest BCUT2D eigenvalue weighted by Gasteiger charge is -2.27. The fourth-order valence-electron chi connectivity index (χ4n) is 2.55. The van der Waals surface area contributed by atoms with Crippen LogP contribution in [0.5, 0.6) is 5.75 Å². The van der Waals surface area contributed by atoms with Crippen molar-refractivity contribution < 1.29 is 9.47 Å². The molecule has 0 aromatic carbocycles. The molecule has 0 amide bonds. The minimum absolute atomic E-state index is 0.00413. The molecule has 0 saturated carbocycles. The first-order valence-electron chi connectivity index (χ1n) is 6.69. The van der Waals surface area contributed by atoms with Crippen LogP contribution in [-0.4, -0.2) is 28.2 Å². The third-order valence-electron chi connectivity index (χ3n) is 3.28. The topological polar surface area (TPSA) is 31.4 Å². The van der Waals surface area contributed by atoms with Crippen LogP contribution in [0.2, 0.25) is 0 Å². The van der Waals surface area contributed by atoms with Crippen molar-refractivity contribution in [1.82, 2.24) is 4.98 Å². The maximum atomic E-state index is 6.06. The van der Waals surface area contributed by atoms with Gasteiger partial charge in [0.2, 0.25) is 0 Å². The fourth-order valence-corrected chi connectivity index (χ4v) is 2.61. The van der Waals surface area contributed by atoms with Crippen molar-refractivity contribution in [3.63, 3.8) is 0 Å². The van der Waals surface area contributed by atoms with Crippen molar-refractivity contribution in [3.8, 4) is 17.6 Å². The van der Waals surface area contributed by atoms with Crippen molar-refractivity contribution in [2.45, 2.75) is 51.4 Å². The number of hydrogen-bond donors (Lipinski definition) is 0. The third-order valence-corrected chi connectivity index (χ3v) is 3.42. The molecule has 108 valence electrons. The molecule has 2 rings (SSSR count). The van der Waals surface area contributed by atoms with Gasteiger partial charge in [-0.05, 0) is 33.8 Å². The first-order chi connectivity index (χ1) is 9.32. The van der Waals surface area contributed by atoms with Gasteiger partial charge in [-0.3, -0.25) is 4.98 Å². The Bertz CT molecular complexity index is 543. The summed E-state index contributed by atoms with van der Waals surface area (Å²) in [5, 5.41) is 0. The summed E-state index contributed by atoms with van der Waals surface area (Å²) in [5.41, 5.74) is 0.318. The highest BCUT2D eigenvalue weighted by molar-refractivity contribution is 6.19. The first kappa shape index (κ1) is 15.2. The molecule has 0 aliphatic carbocycles. The van der Waals surface area contributed by atoms with Crippen LogP contribution in [-0.2, 0) is 4.74 Å². The normalized spacial score (nSPS) is 22.9. The van der Waals surface area contributed by atoms with Crippen molar-refractivity contribution in [1.29, 1.82) is 0 Å². The molecule has 4 heteroatoms. The minimum Gasteiger partial charge on any atom is -0.486 e. The van der Waals surface area contributed by atoms with E-state index in [1.165, 1.54) is 0 Å². The number of rotatable bonds is 2. The summed E-state index contributed by atoms with van der Waals surface area (Å²) >= 11 is 5.56. The van der Waals surface area contributed by atoms with Gasteiger partial charge in [-0.2, -0.15) is 0 Å². The lowest BCUT2D eigenvalue weighted by atomic mass is 9.97. The summed E-state index contributed by atoms with van der Waals surface area (Å²) < 4.78 is 12.1. The van der Waals surface area contributed by atoms with Gasteiger partial charge in [0.05, 0.1) is 17.7 Å². The summed E-state index contributed by atoms with van der Waals surface area (Å²) in [6.07, 6.45) is 4.24. The van der Waals surface area contributed by atoms with Gasteiger partial charge in [0.25, 0.3) is 0 Å². The number of halogens is 1. The molecule has 1 aliphatic heterocycles. The van der Waals surface area contributed by atoms with Gasteiger partial charge < -0.3 is 9.47 Å².